The van der Waals surface area contributed by atoms with Crippen molar-refractivity contribution in [2.75, 3.05) is 6.54 Å². The highest BCUT2D eigenvalue weighted by Gasteiger charge is 2.28. The van der Waals surface area contributed by atoms with E-state index in [0.29, 0.717) is 17.3 Å². The van der Waals surface area contributed by atoms with Crippen LogP contribution in [0.15, 0.2) is 0 Å². The van der Waals surface area contributed by atoms with E-state index in [1.54, 1.807) is 0 Å². The molecule has 0 bridgehead atoms. The maximum atomic E-state index is 4.89. The minimum absolute atomic E-state index is 0.309. The Balaban J connectivity index is 2.40. The fourth-order valence-corrected chi connectivity index (χ4v) is 2.60. The third-order valence-electron chi connectivity index (χ3n) is 4.66. The van der Waals surface area contributed by atoms with E-state index in [4.69, 9.17) is 4.98 Å². The molecule has 0 atom stereocenters. The van der Waals surface area contributed by atoms with Crippen LogP contribution >= 0.6 is 0 Å². The predicted molar refractivity (Wildman–Crippen MR) is 80.3 cm³/mol. The van der Waals surface area contributed by atoms with Crippen LogP contribution in [0.4, 0.5) is 0 Å². The van der Waals surface area contributed by atoms with Gasteiger partial charge in [0, 0.05) is 37.7 Å². The zero-order chi connectivity index (χ0) is 14.2. The van der Waals surface area contributed by atoms with Crippen LogP contribution in [0.5, 0.6) is 0 Å². The van der Waals surface area contributed by atoms with Crippen LogP contribution in [-0.2, 0) is 19.5 Å². The third-order valence-corrected chi connectivity index (χ3v) is 4.66. The fourth-order valence-electron chi connectivity index (χ4n) is 2.60. The topological polar surface area (TPSA) is 29.9 Å². The van der Waals surface area contributed by atoms with Crippen LogP contribution in [0.25, 0.3) is 0 Å². The molecule has 3 nitrogen and oxygen atoms in total. The molecule has 0 fully saturated rings. The molecule has 0 unspecified atom stereocenters. The summed E-state index contributed by atoms with van der Waals surface area (Å²) in [5.74, 6) is 2.43. The molecule has 0 amide bonds. The summed E-state index contributed by atoms with van der Waals surface area (Å²) < 4.78 is 2.51. The SMILES string of the molecule is CC(C)c1nc2c(n1CC(C)(C)C(C)C)CCNC2. The van der Waals surface area contributed by atoms with Crippen molar-refractivity contribution in [3.05, 3.63) is 17.2 Å². The minimum atomic E-state index is 0.309. The summed E-state index contributed by atoms with van der Waals surface area (Å²) in [6.07, 6.45) is 1.11. The molecule has 1 aromatic rings. The second-order valence-electron chi connectivity index (χ2n) is 7.17. The van der Waals surface area contributed by atoms with Crippen LogP contribution < -0.4 is 5.32 Å². The van der Waals surface area contributed by atoms with Gasteiger partial charge in [0.1, 0.15) is 5.82 Å². The highest BCUT2D eigenvalue weighted by Crippen LogP contribution is 2.32. The van der Waals surface area contributed by atoms with E-state index < -0.39 is 0 Å². The lowest BCUT2D eigenvalue weighted by Gasteiger charge is -2.32. The molecule has 0 aliphatic carbocycles. The van der Waals surface area contributed by atoms with E-state index in [1.807, 2.05) is 0 Å². The second kappa shape index (κ2) is 5.28. The van der Waals surface area contributed by atoms with Crippen molar-refractivity contribution in [3.8, 4) is 0 Å². The number of rotatable bonds is 4. The molecule has 1 aliphatic heterocycles. The molecule has 1 aliphatic rings. The van der Waals surface area contributed by atoms with Gasteiger partial charge in [0.25, 0.3) is 0 Å². The van der Waals surface area contributed by atoms with Gasteiger partial charge < -0.3 is 9.88 Å². The maximum absolute atomic E-state index is 4.89. The average molecular weight is 263 g/mol. The highest BCUT2D eigenvalue weighted by atomic mass is 15.1. The zero-order valence-corrected chi connectivity index (χ0v) is 13.4. The lowest BCUT2D eigenvalue weighted by Crippen LogP contribution is -2.30. The monoisotopic (exact) mass is 263 g/mol. The maximum Gasteiger partial charge on any atom is 0.111 e. The second-order valence-corrected chi connectivity index (χ2v) is 7.17. The van der Waals surface area contributed by atoms with Crippen molar-refractivity contribution < 1.29 is 0 Å². The Morgan fingerprint density at radius 2 is 1.95 bits per heavy atom. The first-order valence-corrected chi connectivity index (χ1v) is 7.62. The van der Waals surface area contributed by atoms with Gasteiger partial charge in [0.05, 0.1) is 5.69 Å². The Hall–Kier alpha value is -0.830. The van der Waals surface area contributed by atoms with Gasteiger partial charge in [-0.15, -0.1) is 0 Å². The fraction of sp³-hybridized carbons (Fsp3) is 0.812. The summed E-state index contributed by atoms with van der Waals surface area (Å²) in [4.78, 5) is 4.89. The quantitative estimate of drug-likeness (QED) is 0.903. The zero-order valence-electron chi connectivity index (χ0n) is 13.4. The lowest BCUT2D eigenvalue weighted by molar-refractivity contribution is 0.204. The Bertz CT molecular complexity index is 441. The van der Waals surface area contributed by atoms with Gasteiger partial charge in [-0.05, 0) is 11.3 Å². The smallest absolute Gasteiger partial charge is 0.111 e. The molecule has 0 saturated carbocycles. The van der Waals surface area contributed by atoms with Crippen molar-refractivity contribution in [2.24, 2.45) is 11.3 Å². The summed E-state index contributed by atoms with van der Waals surface area (Å²) in [6, 6.07) is 0. The number of imidazole rings is 1. The van der Waals surface area contributed by atoms with Crippen molar-refractivity contribution in [2.45, 2.75) is 67.0 Å². The summed E-state index contributed by atoms with van der Waals surface area (Å²) in [5, 5.41) is 3.43. The summed E-state index contributed by atoms with van der Waals surface area (Å²) in [6.45, 7) is 17.0. The summed E-state index contributed by atoms with van der Waals surface area (Å²) in [7, 11) is 0. The van der Waals surface area contributed by atoms with Gasteiger partial charge >= 0.3 is 0 Å². The van der Waals surface area contributed by atoms with Crippen molar-refractivity contribution in [3.63, 3.8) is 0 Å². The Morgan fingerprint density at radius 1 is 1.26 bits per heavy atom. The highest BCUT2D eigenvalue weighted by molar-refractivity contribution is 5.22. The molecule has 0 radical (unpaired) electrons. The van der Waals surface area contributed by atoms with Gasteiger partial charge in [-0.3, -0.25) is 0 Å². The van der Waals surface area contributed by atoms with Gasteiger partial charge in [-0.2, -0.15) is 0 Å². The molecule has 0 aromatic carbocycles. The van der Waals surface area contributed by atoms with E-state index in [9.17, 15) is 0 Å². The van der Waals surface area contributed by atoms with E-state index in [-0.39, 0.29) is 0 Å². The lowest BCUT2D eigenvalue weighted by atomic mass is 9.81. The first kappa shape index (κ1) is 14.6. The summed E-state index contributed by atoms with van der Waals surface area (Å²) in [5.41, 5.74) is 3.05. The standard InChI is InChI=1S/C16H29N3/c1-11(2)15-18-13-9-17-8-7-14(13)19(15)10-16(5,6)12(3)4/h11-12,17H,7-10H2,1-6H3. The van der Waals surface area contributed by atoms with Crippen molar-refractivity contribution in [1.29, 1.82) is 0 Å². The van der Waals surface area contributed by atoms with Crippen molar-refractivity contribution in [1.82, 2.24) is 14.9 Å². The average Bonchev–Trinajstić information content (AvgIpc) is 2.68. The van der Waals surface area contributed by atoms with Gasteiger partial charge in [-0.25, -0.2) is 4.98 Å². The third kappa shape index (κ3) is 2.86. The normalized spacial score (nSPS) is 16.2. The van der Waals surface area contributed by atoms with Gasteiger partial charge in [0.15, 0.2) is 0 Å². The number of fused-ring (bicyclic) bond motifs is 1. The van der Waals surface area contributed by atoms with Crippen LogP contribution in [0, 0.1) is 11.3 Å². The number of hydrogen-bond donors (Lipinski definition) is 1. The van der Waals surface area contributed by atoms with Crippen LogP contribution in [0.1, 0.15) is 64.7 Å². The first-order chi connectivity index (χ1) is 8.83. The Morgan fingerprint density at radius 3 is 2.53 bits per heavy atom. The van der Waals surface area contributed by atoms with Gasteiger partial charge in [0.2, 0.25) is 0 Å². The first-order valence-electron chi connectivity index (χ1n) is 7.62. The molecular formula is C16H29N3. The van der Waals surface area contributed by atoms with E-state index in [0.717, 1.165) is 26.1 Å². The number of hydrogen-bond acceptors (Lipinski definition) is 2. The molecule has 19 heavy (non-hydrogen) atoms. The van der Waals surface area contributed by atoms with Crippen LogP contribution in [-0.4, -0.2) is 16.1 Å². The van der Waals surface area contributed by atoms with Crippen LogP contribution in [0.3, 0.4) is 0 Å². The molecule has 2 rings (SSSR count). The van der Waals surface area contributed by atoms with Crippen LogP contribution in [0.2, 0.25) is 0 Å². The molecule has 0 spiro atoms. The van der Waals surface area contributed by atoms with E-state index in [1.165, 1.54) is 17.2 Å². The Kier molecular flexibility index (Phi) is 4.05. The van der Waals surface area contributed by atoms with E-state index in [2.05, 4.69) is 51.4 Å². The number of nitrogens with zero attached hydrogens (tertiary/aromatic N) is 2. The molecule has 3 heteroatoms. The predicted octanol–water partition coefficient (Wildman–Crippen LogP) is 3.33. The molecule has 1 aromatic heterocycles. The van der Waals surface area contributed by atoms with Crippen molar-refractivity contribution >= 4 is 0 Å². The summed E-state index contributed by atoms with van der Waals surface area (Å²) >= 11 is 0. The largest absolute Gasteiger partial charge is 0.331 e. The molecule has 1 N–H and O–H groups in total. The Labute approximate surface area is 117 Å². The molecule has 0 saturated heterocycles. The number of nitrogens with one attached hydrogen (secondary N) is 1. The molecular weight excluding hydrogens is 234 g/mol. The molecule has 2 heterocycles. The van der Waals surface area contributed by atoms with Gasteiger partial charge in [-0.1, -0.05) is 41.5 Å². The minimum Gasteiger partial charge on any atom is -0.331 e. The number of aromatic nitrogens is 2. The van der Waals surface area contributed by atoms with E-state index >= 15 is 0 Å². The molecule has 108 valence electrons.